The van der Waals surface area contributed by atoms with E-state index in [-0.39, 0.29) is 0 Å². The first-order chi connectivity index (χ1) is 29.3. The number of fused-ring (bicyclic) bond motifs is 9. The van der Waals surface area contributed by atoms with Gasteiger partial charge in [-0.1, -0.05) is 172 Å². The molecule has 0 aliphatic heterocycles. The quantitative estimate of drug-likeness (QED) is 0.171. The number of aromatic nitrogens is 2. The molecule has 0 fully saturated rings. The van der Waals surface area contributed by atoms with Gasteiger partial charge in [-0.15, -0.1) is 0 Å². The van der Waals surface area contributed by atoms with Gasteiger partial charge in [-0.2, -0.15) is 0 Å². The summed E-state index contributed by atoms with van der Waals surface area (Å²) in [5.74, 6) is 0. The first kappa shape index (κ1) is 34.6. The summed E-state index contributed by atoms with van der Waals surface area (Å²) in [7, 11) is 0. The van der Waals surface area contributed by atoms with E-state index in [1.54, 1.807) is 0 Å². The number of benzene rings is 9. The Kier molecular flexibility index (Phi) is 8.27. The number of furan rings is 1. The van der Waals surface area contributed by atoms with Gasteiger partial charge in [-0.25, -0.2) is 0 Å². The third-order valence-electron chi connectivity index (χ3n) is 11.7. The molecule has 3 heterocycles. The van der Waals surface area contributed by atoms with Crippen LogP contribution >= 0.6 is 0 Å². The van der Waals surface area contributed by atoms with Gasteiger partial charge >= 0.3 is 0 Å². The molecule has 0 saturated carbocycles. The monoisotopic (exact) mass is 756 g/mol. The van der Waals surface area contributed by atoms with Gasteiger partial charge in [0, 0.05) is 38.0 Å². The summed E-state index contributed by atoms with van der Waals surface area (Å²) in [6.07, 6.45) is 0. The summed E-state index contributed by atoms with van der Waals surface area (Å²) in [6.45, 7) is 4.00. The van der Waals surface area contributed by atoms with Crippen LogP contribution in [0.25, 0.3) is 110 Å². The van der Waals surface area contributed by atoms with Crippen LogP contribution in [0, 0.1) is 0 Å². The lowest BCUT2D eigenvalue weighted by Gasteiger charge is -2.14. The molecule has 12 aromatic rings. The van der Waals surface area contributed by atoms with Crippen LogP contribution in [0.5, 0.6) is 0 Å². The molecule has 12 rings (SSSR count). The molecule has 0 spiro atoms. The number of para-hydroxylation sites is 4. The summed E-state index contributed by atoms with van der Waals surface area (Å²) < 4.78 is 11.6. The minimum Gasteiger partial charge on any atom is -0.454 e. The molecule has 0 amide bonds. The van der Waals surface area contributed by atoms with E-state index >= 15 is 0 Å². The number of hydrogen-bond donors (Lipinski definition) is 0. The van der Waals surface area contributed by atoms with Gasteiger partial charge in [0.15, 0.2) is 5.58 Å². The molecule has 0 bridgehead atoms. The van der Waals surface area contributed by atoms with Crippen molar-refractivity contribution in [1.82, 2.24) is 9.13 Å². The van der Waals surface area contributed by atoms with Crippen LogP contribution in [0.2, 0.25) is 0 Å². The fraction of sp³-hybridized carbons (Fsp3) is 0.0357. The molecule has 9 aromatic carbocycles. The standard InChI is InChI=1S/C54H34N2O.C2H6/c1-2-12-35(13-3-1)36-22-24-37(25-23-36)38-26-28-39(29-27-38)40-30-31-51-46(32-40)44-16-6-8-18-48(44)55(51)41-33-47-45-17-7-11-21-53(45)57-54(47)52(34-41)56-49-19-9-4-14-42(49)43-15-5-10-20-50(43)56;1-2/h1-34H;1-2H3. The van der Waals surface area contributed by atoms with E-state index in [1.807, 2.05) is 19.9 Å². The Hall–Kier alpha value is -7.62. The van der Waals surface area contributed by atoms with E-state index in [0.717, 1.165) is 49.9 Å². The van der Waals surface area contributed by atoms with Crippen molar-refractivity contribution in [2.75, 3.05) is 0 Å². The maximum absolute atomic E-state index is 6.75. The molecule has 0 aliphatic rings. The van der Waals surface area contributed by atoms with Crippen molar-refractivity contribution in [3.05, 3.63) is 206 Å². The summed E-state index contributed by atoms with van der Waals surface area (Å²) in [5.41, 5.74) is 15.8. The molecule has 280 valence electrons. The van der Waals surface area contributed by atoms with Gasteiger partial charge in [0.1, 0.15) is 5.58 Å². The zero-order chi connectivity index (χ0) is 39.5. The van der Waals surface area contributed by atoms with Crippen molar-refractivity contribution < 1.29 is 4.42 Å². The van der Waals surface area contributed by atoms with Gasteiger partial charge in [-0.3, -0.25) is 0 Å². The predicted molar refractivity (Wildman–Crippen MR) is 250 cm³/mol. The Balaban J connectivity index is 0.00000196. The molecule has 59 heavy (non-hydrogen) atoms. The molecule has 0 radical (unpaired) electrons. The summed E-state index contributed by atoms with van der Waals surface area (Å²) in [6, 6.07) is 74.4. The lowest BCUT2D eigenvalue weighted by molar-refractivity contribution is 0.666. The first-order valence-corrected chi connectivity index (χ1v) is 20.5. The van der Waals surface area contributed by atoms with Crippen LogP contribution in [0.1, 0.15) is 13.8 Å². The van der Waals surface area contributed by atoms with E-state index in [2.05, 4.69) is 209 Å². The van der Waals surface area contributed by atoms with Crippen molar-refractivity contribution in [2.45, 2.75) is 13.8 Å². The zero-order valence-electron chi connectivity index (χ0n) is 32.9. The van der Waals surface area contributed by atoms with Crippen molar-refractivity contribution >= 4 is 65.6 Å². The lowest BCUT2D eigenvalue weighted by Crippen LogP contribution is -1.99. The number of hydrogen-bond acceptors (Lipinski definition) is 1. The smallest absolute Gasteiger partial charge is 0.159 e. The van der Waals surface area contributed by atoms with E-state index in [9.17, 15) is 0 Å². The van der Waals surface area contributed by atoms with Gasteiger partial charge in [0.25, 0.3) is 0 Å². The van der Waals surface area contributed by atoms with Crippen molar-refractivity contribution in [3.63, 3.8) is 0 Å². The van der Waals surface area contributed by atoms with Crippen LogP contribution < -0.4 is 0 Å². The van der Waals surface area contributed by atoms with Crippen LogP contribution in [0.15, 0.2) is 211 Å². The fourth-order valence-corrected chi connectivity index (χ4v) is 9.04. The maximum Gasteiger partial charge on any atom is 0.159 e. The average Bonchev–Trinajstić information content (AvgIpc) is 3.97. The Morgan fingerprint density at radius 2 is 0.729 bits per heavy atom. The average molecular weight is 757 g/mol. The zero-order valence-corrected chi connectivity index (χ0v) is 32.9. The van der Waals surface area contributed by atoms with Gasteiger partial charge in [-0.05, 0) is 81.9 Å². The molecule has 3 nitrogen and oxygen atoms in total. The van der Waals surface area contributed by atoms with Crippen LogP contribution in [0.3, 0.4) is 0 Å². The fourth-order valence-electron chi connectivity index (χ4n) is 9.04. The molecule has 0 saturated heterocycles. The van der Waals surface area contributed by atoms with Crippen LogP contribution in [-0.4, -0.2) is 9.13 Å². The van der Waals surface area contributed by atoms with Crippen molar-refractivity contribution in [2.24, 2.45) is 0 Å². The summed E-state index contributed by atoms with van der Waals surface area (Å²) >= 11 is 0. The van der Waals surface area contributed by atoms with Gasteiger partial charge in [0.2, 0.25) is 0 Å². The Bertz CT molecular complexity index is 3440. The first-order valence-electron chi connectivity index (χ1n) is 20.5. The molecular formula is C56H40N2O. The van der Waals surface area contributed by atoms with Crippen LogP contribution in [0.4, 0.5) is 0 Å². The van der Waals surface area contributed by atoms with Gasteiger partial charge < -0.3 is 13.6 Å². The second-order valence-corrected chi connectivity index (χ2v) is 14.9. The van der Waals surface area contributed by atoms with Gasteiger partial charge in [0.05, 0.1) is 27.8 Å². The predicted octanol–water partition coefficient (Wildman–Crippen LogP) is 15.8. The second kappa shape index (κ2) is 14.1. The molecular weight excluding hydrogens is 717 g/mol. The largest absolute Gasteiger partial charge is 0.454 e. The highest BCUT2D eigenvalue weighted by Crippen LogP contribution is 2.42. The molecule has 0 aliphatic carbocycles. The highest BCUT2D eigenvalue weighted by molar-refractivity contribution is 6.15. The minimum absolute atomic E-state index is 0.880. The third kappa shape index (κ3) is 5.58. The van der Waals surface area contributed by atoms with E-state index in [1.165, 1.54) is 60.4 Å². The SMILES string of the molecule is CC.c1ccc(-c2ccc(-c3ccc(-c4ccc5c(c4)c4ccccc4n5-c4cc(-n5c6ccccc6c6ccccc65)c5oc6ccccc6c5c4)cc3)cc2)cc1. The van der Waals surface area contributed by atoms with E-state index < -0.39 is 0 Å². The van der Waals surface area contributed by atoms with Crippen LogP contribution in [-0.2, 0) is 0 Å². The molecule has 3 aromatic heterocycles. The minimum atomic E-state index is 0.880. The van der Waals surface area contributed by atoms with Crippen molar-refractivity contribution in [3.8, 4) is 44.8 Å². The molecule has 0 atom stereocenters. The van der Waals surface area contributed by atoms with Crippen molar-refractivity contribution in [1.29, 1.82) is 0 Å². The highest BCUT2D eigenvalue weighted by Gasteiger charge is 2.21. The third-order valence-corrected chi connectivity index (χ3v) is 11.7. The topological polar surface area (TPSA) is 23.0 Å². The highest BCUT2D eigenvalue weighted by atomic mass is 16.3. The second-order valence-electron chi connectivity index (χ2n) is 14.9. The number of rotatable bonds is 5. The van der Waals surface area contributed by atoms with E-state index in [0.29, 0.717) is 0 Å². The Morgan fingerprint density at radius 3 is 1.32 bits per heavy atom. The Labute approximate surface area is 342 Å². The lowest BCUT2D eigenvalue weighted by atomic mass is 9.97. The molecule has 0 N–H and O–H groups in total. The molecule has 3 heteroatoms. The maximum atomic E-state index is 6.75. The number of nitrogens with zero attached hydrogens (tertiary/aromatic N) is 2. The summed E-state index contributed by atoms with van der Waals surface area (Å²) in [4.78, 5) is 0. The Morgan fingerprint density at radius 1 is 0.305 bits per heavy atom. The normalized spacial score (nSPS) is 11.6. The molecule has 0 unspecified atom stereocenters. The van der Waals surface area contributed by atoms with E-state index in [4.69, 9.17) is 4.42 Å². The summed E-state index contributed by atoms with van der Waals surface area (Å²) in [5, 5.41) is 7.09.